The molecule has 0 unspecified atom stereocenters. The van der Waals surface area contributed by atoms with E-state index in [1.807, 2.05) is 0 Å². The van der Waals surface area contributed by atoms with Crippen LogP contribution in [0.4, 0.5) is 18.9 Å². The summed E-state index contributed by atoms with van der Waals surface area (Å²) in [6.45, 7) is 2.06. The van der Waals surface area contributed by atoms with Gasteiger partial charge in [0.05, 0.1) is 11.9 Å². The minimum absolute atomic E-state index is 0.118. The van der Waals surface area contributed by atoms with Gasteiger partial charge in [0.2, 0.25) is 0 Å². The molecule has 0 aliphatic carbocycles. The van der Waals surface area contributed by atoms with E-state index in [1.54, 1.807) is 37.3 Å². The Morgan fingerprint density at radius 3 is 2.48 bits per heavy atom. The van der Waals surface area contributed by atoms with Crippen molar-refractivity contribution in [3.8, 4) is 0 Å². The SMILES string of the molecule is CCn1c(=O)cc(CC(F)(F)F)c2cc(N(C)C(=O)c3cccc(Cl)c3)ccc21. The zero-order valence-electron chi connectivity index (χ0n) is 15.8. The minimum atomic E-state index is -4.46. The highest BCUT2D eigenvalue weighted by atomic mass is 35.5. The van der Waals surface area contributed by atoms with E-state index in [0.717, 1.165) is 6.07 Å². The highest BCUT2D eigenvalue weighted by Gasteiger charge is 2.29. The number of aryl methyl sites for hydroxylation is 1. The molecule has 1 heterocycles. The number of hydrogen-bond acceptors (Lipinski definition) is 2. The molecule has 0 spiro atoms. The minimum Gasteiger partial charge on any atom is -0.311 e. The van der Waals surface area contributed by atoms with Crippen LogP contribution in [0.5, 0.6) is 0 Å². The number of pyridine rings is 1. The summed E-state index contributed by atoms with van der Waals surface area (Å²) < 4.78 is 40.5. The fourth-order valence-corrected chi connectivity index (χ4v) is 3.46. The van der Waals surface area contributed by atoms with Crippen molar-refractivity contribution in [3.63, 3.8) is 0 Å². The van der Waals surface area contributed by atoms with E-state index in [1.165, 1.54) is 28.6 Å². The van der Waals surface area contributed by atoms with Crippen LogP contribution in [-0.4, -0.2) is 23.7 Å². The van der Waals surface area contributed by atoms with Gasteiger partial charge in [-0.3, -0.25) is 9.59 Å². The molecule has 0 radical (unpaired) electrons. The van der Waals surface area contributed by atoms with Crippen molar-refractivity contribution in [2.45, 2.75) is 26.1 Å². The van der Waals surface area contributed by atoms with Crippen molar-refractivity contribution in [2.24, 2.45) is 0 Å². The van der Waals surface area contributed by atoms with Gasteiger partial charge in [0.25, 0.3) is 11.5 Å². The molecule has 8 heteroatoms. The lowest BCUT2D eigenvalue weighted by molar-refractivity contribution is -0.127. The number of fused-ring (bicyclic) bond motifs is 1. The standard InChI is InChI=1S/C21H18ClF3N2O2/c1-3-27-18-8-7-16(26(2)20(29)13-5-4-6-15(22)9-13)11-17(18)14(10-19(27)28)12-21(23,24)25/h4-11H,3,12H2,1-2H3. The maximum atomic E-state index is 13.0. The Morgan fingerprint density at radius 1 is 1.14 bits per heavy atom. The zero-order chi connectivity index (χ0) is 21.3. The fraction of sp³-hybridized carbons (Fsp3) is 0.238. The van der Waals surface area contributed by atoms with Crippen LogP contribution in [0.3, 0.4) is 0 Å². The van der Waals surface area contributed by atoms with E-state index >= 15 is 0 Å². The fourth-order valence-electron chi connectivity index (χ4n) is 3.27. The molecule has 29 heavy (non-hydrogen) atoms. The first-order valence-electron chi connectivity index (χ1n) is 8.87. The molecule has 0 aliphatic rings. The number of carbonyl (C=O) groups is 1. The van der Waals surface area contributed by atoms with Crippen LogP contribution in [0, 0.1) is 0 Å². The molecule has 0 N–H and O–H groups in total. The lowest BCUT2D eigenvalue weighted by Crippen LogP contribution is -2.26. The number of alkyl halides is 3. The van der Waals surface area contributed by atoms with E-state index in [4.69, 9.17) is 11.6 Å². The van der Waals surface area contributed by atoms with Crippen LogP contribution in [0.25, 0.3) is 10.9 Å². The summed E-state index contributed by atoms with van der Waals surface area (Å²) in [5, 5.41) is 0.689. The zero-order valence-corrected chi connectivity index (χ0v) is 16.5. The Labute approximate surface area is 170 Å². The smallest absolute Gasteiger partial charge is 0.311 e. The van der Waals surface area contributed by atoms with Gasteiger partial charge >= 0.3 is 6.18 Å². The molecule has 2 aromatic carbocycles. The molecule has 1 amide bonds. The number of benzene rings is 2. The molecule has 0 aliphatic heterocycles. The van der Waals surface area contributed by atoms with Gasteiger partial charge in [-0.15, -0.1) is 0 Å². The van der Waals surface area contributed by atoms with Crippen LogP contribution >= 0.6 is 11.6 Å². The summed E-state index contributed by atoms with van der Waals surface area (Å²) >= 11 is 5.94. The van der Waals surface area contributed by atoms with Crippen molar-refractivity contribution in [1.82, 2.24) is 4.57 Å². The van der Waals surface area contributed by atoms with Crippen molar-refractivity contribution in [2.75, 3.05) is 11.9 Å². The molecule has 0 atom stereocenters. The third-order valence-corrected chi connectivity index (χ3v) is 4.89. The summed E-state index contributed by atoms with van der Waals surface area (Å²) in [7, 11) is 1.53. The highest BCUT2D eigenvalue weighted by molar-refractivity contribution is 6.31. The Kier molecular flexibility index (Phi) is 5.71. The summed E-state index contributed by atoms with van der Waals surface area (Å²) in [5.41, 5.74) is 0.552. The lowest BCUT2D eigenvalue weighted by Gasteiger charge is -2.20. The number of halogens is 4. The third kappa shape index (κ3) is 4.45. The van der Waals surface area contributed by atoms with Crippen molar-refractivity contribution in [3.05, 3.63) is 75.0 Å². The van der Waals surface area contributed by atoms with E-state index < -0.39 is 18.2 Å². The average molecular weight is 423 g/mol. The van der Waals surface area contributed by atoms with E-state index in [9.17, 15) is 22.8 Å². The number of hydrogen-bond donors (Lipinski definition) is 0. The summed E-state index contributed by atoms with van der Waals surface area (Å²) in [6, 6.07) is 12.1. The lowest BCUT2D eigenvalue weighted by atomic mass is 10.0. The second-order valence-electron chi connectivity index (χ2n) is 6.62. The first-order chi connectivity index (χ1) is 13.6. The Bertz CT molecular complexity index is 1140. The predicted octanol–water partition coefficient (Wildman–Crippen LogP) is 5.06. The van der Waals surface area contributed by atoms with Crippen LogP contribution < -0.4 is 10.5 Å². The quantitative estimate of drug-likeness (QED) is 0.590. The van der Waals surface area contributed by atoms with Gasteiger partial charge in [0.15, 0.2) is 0 Å². The first kappa shape index (κ1) is 20.9. The molecule has 3 aromatic rings. The van der Waals surface area contributed by atoms with Crippen molar-refractivity contribution in [1.29, 1.82) is 0 Å². The molecule has 0 saturated heterocycles. The normalized spacial score (nSPS) is 11.7. The van der Waals surface area contributed by atoms with Crippen molar-refractivity contribution >= 4 is 34.1 Å². The molecule has 0 bridgehead atoms. The third-order valence-electron chi connectivity index (χ3n) is 4.65. The second-order valence-corrected chi connectivity index (χ2v) is 7.06. The Morgan fingerprint density at radius 2 is 1.86 bits per heavy atom. The topological polar surface area (TPSA) is 42.3 Å². The number of aromatic nitrogens is 1. The van der Waals surface area contributed by atoms with Gasteiger partial charge in [-0.25, -0.2) is 0 Å². The largest absolute Gasteiger partial charge is 0.393 e. The summed E-state index contributed by atoms with van der Waals surface area (Å²) in [6.07, 6.45) is -5.69. The highest BCUT2D eigenvalue weighted by Crippen LogP contribution is 2.29. The van der Waals surface area contributed by atoms with E-state index in [-0.39, 0.29) is 16.9 Å². The van der Waals surface area contributed by atoms with Crippen LogP contribution in [0.1, 0.15) is 22.8 Å². The molecule has 0 saturated carbocycles. The summed E-state index contributed by atoms with van der Waals surface area (Å²) in [5.74, 6) is -0.354. The molecule has 4 nitrogen and oxygen atoms in total. The molecule has 1 aromatic heterocycles. The molecular weight excluding hydrogens is 405 g/mol. The van der Waals surface area contributed by atoms with Crippen LogP contribution in [0.2, 0.25) is 5.02 Å². The summed E-state index contributed by atoms with van der Waals surface area (Å²) in [4.78, 5) is 26.3. The Hall–Kier alpha value is -2.80. The van der Waals surface area contributed by atoms with Crippen molar-refractivity contribution < 1.29 is 18.0 Å². The van der Waals surface area contributed by atoms with Gasteiger partial charge < -0.3 is 9.47 Å². The molecule has 0 fully saturated rings. The molecular formula is C21H18ClF3N2O2. The Balaban J connectivity index is 2.12. The number of anilines is 1. The maximum absolute atomic E-state index is 13.0. The van der Waals surface area contributed by atoms with Crippen LogP contribution in [0.15, 0.2) is 53.3 Å². The van der Waals surface area contributed by atoms with E-state index in [0.29, 0.717) is 28.3 Å². The van der Waals surface area contributed by atoms with Gasteiger partial charge in [-0.05, 0) is 48.9 Å². The number of rotatable bonds is 4. The maximum Gasteiger partial charge on any atom is 0.393 e. The van der Waals surface area contributed by atoms with Crippen LogP contribution in [-0.2, 0) is 13.0 Å². The number of carbonyl (C=O) groups excluding carboxylic acids is 1. The van der Waals surface area contributed by atoms with Gasteiger partial charge in [0, 0.05) is 41.3 Å². The van der Waals surface area contributed by atoms with Gasteiger partial charge in [-0.2, -0.15) is 13.2 Å². The predicted molar refractivity (Wildman–Crippen MR) is 108 cm³/mol. The van der Waals surface area contributed by atoms with Gasteiger partial charge in [-0.1, -0.05) is 17.7 Å². The molecule has 152 valence electrons. The molecule has 3 rings (SSSR count). The monoisotopic (exact) mass is 422 g/mol. The number of nitrogens with zero attached hydrogens (tertiary/aromatic N) is 2. The number of amides is 1. The second kappa shape index (κ2) is 7.91. The van der Waals surface area contributed by atoms with Gasteiger partial charge in [0.1, 0.15) is 0 Å². The first-order valence-corrected chi connectivity index (χ1v) is 9.25. The average Bonchev–Trinajstić information content (AvgIpc) is 2.65. The van der Waals surface area contributed by atoms with E-state index in [2.05, 4.69) is 0 Å².